The van der Waals surface area contributed by atoms with E-state index in [9.17, 15) is 9.59 Å². The van der Waals surface area contributed by atoms with Crippen molar-refractivity contribution in [1.82, 2.24) is 14.5 Å². The lowest BCUT2D eigenvalue weighted by atomic mass is 10.2. The van der Waals surface area contributed by atoms with E-state index in [2.05, 4.69) is 10.3 Å². The SMILES string of the molecule is CCCC(=O)N1CCCC1C(=O)Nc1nc2cc(Cl)ccc2n1C. The number of fused-ring (bicyclic) bond motifs is 1. The van der Waals surface area contributed by atoms with E-state index in [1.165, 1.54) is 0 Å². The molecular weight excluding hydrogens is 328 g/mol. The smallest absolute Gasteiger partial charge is 0.249 e. The second kappa shape index (κ2) is 6.81. The third kappa shape index (κ3) is 3.11. The Morgan fingerprint density at radius 2 is 2.21 bits per heavy atom. The molecule has 2 amide bonds. The summed E-state index contributed by atoms with van der Waals surface area (Å²) in [6, 6.07) is 5.01. The summed E-state index contributed by atoms with van der Waals surface area (Å²) in [5.74, 6) is 0.334. The predicted molar refractivity (Wildman–Crippen MR) is 94.0 cm³/mol. The standard InChI is InChI=1S/C17H21ClN4O2/c1-3-5-15(23)22-9-4-6-14(22)16(24)20-17-19-12-10-11(18)7-8-13(12)21(17)2/h7-8,10,14H,3-6,9H2,1-2H3,(H,19,20,24). The molecule has 2 aromatic rings. The zero-order valence-corrected chi connectivity index (χ0v) is 14.6. The number of benzene rings is 1. The first-order valence-electron chi connectivity index (χ1n) is 8.23. The molecule has 1 fully saturated rings. The van der Waals surface area contributed by atoms with Crippen LogP contribution in [0.4, 0.5) is 5.95 Å². The fourth-order valence-corrected chi connectivity index (χ4v) is 3.34. The number of hydrogen-bond donors (Lipinski definition) is 1. The zero-order valence-electron chi connectivity index (χ0n) is 13.9. The van der Waals surface area contributed by atoms with Crippen LogP contribution < -0.4 is 5.32 Å². The van der Waals surface area contributed by atoms with Gasteiger partial charge in [-0.1, -0.05) is 18.5 Å². The van der Waals surface area contributed by atoms with Gasteiger partial charge in [-0.2, -0.15) is 0 Å². The number of imidazole rings is 1. The summed E-state index contributed by atoms with van der Waals surface area (Å²) in [7, 11) is 1.84. The fraction of sp³-hybridized carbons (Fsp3) is 0.471. The largest absolute Gasteiger partial charge is 0.331 e. The normalized spacial score (nSPS) is 17.5. The molecule has 1 N–H and O–H groups in total. The van der Waals surface area contributed by atoms with Crippen LogP contribution in [0.5, 0.6) is 0 Å². The number of amides is 2. The highest BCUT2D eigenvalue weighted by Gasteiger charge is 2.34. The van der Waals surface area contributed by atoms with E-state index in [0.29, 0.717) is 30.4 Å². The number of hydrogen-bond acceptors (Lipinski definition) is 3. The highest BCUT2D eigenvalue weighted by Crippen LogP contribution is 2.24. The zero-order chi connectivity index (χ0) is 17.3. The Bertz CT molecular complexity index is 786. The van der Waals surface area contributed by atoms with Crippen LogP contribution in [0.1, 0.15) is 32.6 Å². The van der Waals surface area contributed by atoms with Gasteiger partial charge in [0.25, 0.3) is 0 Å². The molecule has 1 aliphatic rings. The van der Waals surface area contributed by atoms with Crippen LogP contribution >= 0.6 is 11.6 Å². The van der Waals surface area contributed by atoms with E-state index in [4.69, 9.17) is 11.6 Å². The van der Waals surface area contributed by atoms with Gasteiger partial charge in [-0.15, -0.1) is 0 Å². The number of carbonyl (C=O) groups is 2. The molecule has 3 rings (SSSR count). The molecule has 24 heavy (non-hydrogen) atoms. The number of rotatable bonds is 4. The second-order valence-electron chi connectivity index (χ2n) is 6.11. The van der Waals surface area contributed by atoms with E-state index >= 15 is 0 Å². The van der Waals surface area contributed by atoms with Crippen molar-refractivity contribution in [2.45, 2.75) is 38.6 Å². The Labute approximate surface area is 145 Å². The van der Waals surface area contributed by atoms with Crippen LogP contribution in [0.2, 0.25) is 5.02 Å². The van der Waals surface area contributed by atoms with Crippen LogP contribution in [-0.2, 0) is 16.6 Å². The number of likely N-dealkylation sites (tertiary alicyclic amines) is 1. The maximum atomic E-state index is 12.6. The Morgan fingerprint density at radius 1 is 1.42 bits per heavy atom. The first-order valence-corrected chi connectivity index (χ1v) is 8.61. The Kier molecular flexibility index (Phi) is 4.76. The first-order chi connectivity index (χ1) is 11.5. The number of anilines is 1. The highest BCUT2D eigenvalue weighted by molar-refractivity contribution is 6.31. The summed E-state index contributed by atoms with van der Waals surface area (Å²) >= 11 is 5.99. The molecule has 128 valence electrons. The topological polar surface area (TPSA) is 67.2 Å². The van der Waals surface area contributed by atoms with Crippen molar-refractivity contribution in [3.63, 3.8) is 0 Å². The number of halogens is 1. The third-order valence-electron chi connectivity index (χ3n) is 4.42. The maximum absolute atomic E-state index is 12.6. The molecule has 1 aromatic heterocycles. The van der Waals surface area contributed by atoms with Gasteiger partial charge in [-0.05, 0) is 37.5 Å². The minimum Gasteiger partial charge on any atom is -0.331 e. The maximum Gasteiger partial charge on any atom is 0.249 e. The van der Waals surface area contributed by atoms with E-state index in [1.54, 1.807) is 17.0 Å². The first kappa shape index (κ1) is 16.8. The van der Waals surface area contributed by atoms with Gasteiger partial charge in [0.2, 0.25) is 17.8 Å². The molecule has 1 aliphatic heterocycles. The molecule has 1 aromatic carbocycles. The lowest BCUT2D eigenvalue weighted by molar-refractivity contribution is -0.136. The Balaban J connectivity index is 1.79. The van der Waals surface area contributed by atoms with Crippen molar-refractivity contribution < 1.29 is 9.59 Å². The van der Waals surface area contributed by atoms with Crippen LogP contribution in [0.15, 0.2) is 18.2 Å². The molecule has 1 saturated heterocycles. The minimum atomic E-state index is -0.410. The summed E-state index contributed by atoms with van der Waals surface area (Å²) in [5, 5.41) is 3.47. The molecule has 0 bridgehead atoms. The summed E-state index contributed by atoms with van der Waals surface area (Å²) in [6.07, 6.45) is 2.81. The van der Waals surface area contributed by atoms with Crippen molar-refractivity contribution in [3.05, 3.63) is 23.2 Å². The molecule has 2 heterocycles. The molecule has 1 atom stereocenters. The van der Waals surface area contributed by atoms with Crippen LogP contribution in [0.3, 0.4) is 0 Å². The minimum absolute atomic E-state index is 0.0481. The van der Waals surface area contributed by atoms with Gasteiger partial charge < -0.3 is 9.47 Å². The number of aromatic nitrogens is 2. The molecule has 0 radical (unpaired) electrons. The van der Waals surface area contributed by atoms with E-state index < -0.39 is 6.04 Å². The van der Waals surface area contributed by atoms with Gasteiger partial charge in [-0.25, -0.2) is 4.98 Å². The Morgan fingerprint density at radius 3 is 2.96 bits per heavy atom. The number of carbonyl (C=O) groups excluding carboxylic acids is 2. The quantitative estimate of drug-likeness (QED) is 0.923. The van der Waals surface area contributed by atoms with Crippen LogP contribution in [-0.4, -0.2) is 38.9 Å². The van der Waals surface area contributed by atoms with Crippen molar-refractivity contribution >= 4 is 40.4 Å². The second-order valence-corrected chi connectivity index (χ2v) is 6.55. The fourth-order valence-electron chi connectivity index (χ4n) is 3.17. The molecule has 0 spiro atoms. The molecule has 0 aliphatic carbocycles. The number of aryl methyl sites for hydroxylation is 1. The van der Waals surface area contributed by atoms with E-state index in [-0.39, 0.29) is 11.8 Å². The van der Waals surface area contributed by atoms with Crippen molar-refractivity contribution in [2.75, 3.05) is 11.9 Å². The van der Waals surface area contributed by atoms with Gasteiger partial charge in [0.15, 0.2) is 0 Å². The lowest BCUT2D eigenvalue weighted by Crippen LogP contribution is -2.43. The third-order valence-corrected chi connectivity index (χ3v) is 4.65. The number of nitrogens with zero attached hydrogens (tertiary/aromatic N) is 3. The lowest BCUT2D eigenvalue weighted by Gasteiger charge is -2.23. The number of nitrogens with one attached hydrogen (secondary N) is 1. The predicted octanol–water partition coefficient (Wildman–Crippen LogP) is 2.96. The van der Waals surface area contributed by atoms with E-state index in [0.717, 1.165) is 23.9 Å². The van der Waals surface area contributed by atoms with Gasteiger partial charge in [0, 0.05) is 25.0 Å². The molecule has 1 unspecified atom stereocenters. The average Bonchev–Trinajstić information content (AvgIpc) is 3.13. The summed E-state index contributed by atoms with van der Waals surface area (Å²) in [6.45, 7) is 2.61. The van der Waals surface area contributed by atoms with Crippen molar-refractivity contribution in [3.8, 4) is 0 Å². The van der Waals surface area contributed by atoms with E-state index in [1.807, 2.05) is 24.6 Å². The molecular formula is C17H21ClN4O2. The van der Waals surface area contributed by atoms with Gasteiger partial charge in [0.1, 0.15) is 6.04 Å². The monoisotopic (exact) mass is 348 g/mol. The molecule has 0 saturated carbocycles. The van der Waals surface area contributed by atoms with Crippen molar-refractivity contribution in [1.29, 1.82) is 0 Å². The summed E-state index contributed by atoms with van der Waals surface area (Å²) in [4.78, 5) is 30.9. The summed E-state index contributed by atoms with van der Waals surface area (Å²) in [5.41, 5.74) is 1.62. The van der Waals surface area contributed by atoms with Gasteiger partial charge in [0.05, 0.1) is 11.0 Å². The van der Waals surface area contributed by atoms with Gasteiger partial charge >= 0.3 is 0 Å². The Hall–Kier alpha value is -2.08. The average molecular weight is 349 g/mol. The van der Waals surface area contributed by atoms with Crippen LogP contribution in [0.25, 0.3) is 11.0 Å². The molecule has 7 heteroatoms. The molecule has 6 nitrogen and oxygen atoms in total. The van der Waals surface area contributed by atoms with Crippen molar-refractivity contribution in [2.24, 2.45) is 7.05 Å². The highest BCUT2D eigenvalue weighted by atomic mass is 35.5. The van der Waals surface area contributed by atoms with Gasteiger partial charge in [-0.3, -0.25) is 14.9 Å². The van der Waals surface area contributed by atoms with Crippen LogP contribution in [0, 0.1) is 0 Å². The summed E-state index contributed by atoms with van der Waals surface area (Å²) < 4.78 is 1.82.